The quantitative estimate of drug-likeness (QED) is 0.181. The highest BCUT2D eigenvalue weighted by atomic mass is 32.1. The highest BCUT2D eigenvalue weighted by Gasteiger charge is 2.24. The van der Waals surface area contributed by atoms with Gasteiger partial charge in [0, 0.05) is 58.2 Å². The normalized spacial score (nSPS) is 12.2. The van der Waals surface area contributed by atoms with Gasteiger partial charge >= 0.3 is 0 Å². The molecule has 13 aromatic rings. The number of hydrogen-bond donors (Lipinski definition) is 0. The van der Waals surface area contributed by atoms with Crippen molar-refractivity contribution in [2.45, 2.75) is 0 Å². The van der Waals surface area contributed by atoms with Gasteiger partial charge in [-0.15, -0.1) is 11.3 Å². The van der Waals surface area contributed by atoms with Gasteiger partial charge in [-0.25, -0.2) is 4.98 Å². The third kappa shape index (κ3) is 4.25. The van der Waals surface area contributed by atoms with Crippen LogP contribution in [0.3, 0.4) is 0 Å². The van der Waals surface area contributed by atoms with Crippen LogP contribution in [-0.4, -0.2) is 23.9 Å². The van der Waals surface area contributed by atoms with Gasteiger partial charge < -0.3 is 4.40 Å². The largest absolute Gasteiger partial charge is 0.308 e. The molecule has 13 rings (SSSR count). The van der Waals surface area contributed by atoms with Crippen molar-refractivity contribution in [2.24, 2.45) is 0 Å². The minimum atomic E-state index is 0.587. The molecule has 0 saturated heterocycles. The molecule has 5 aromatic heterocycles. The number of benzene rings is 8. The Bertz CT molecular complexity index is 3730. The second-order valence-corrected chi connectivity index (χ2v) is 15.8. The highest BCUT2D eigenvalue weighted by Crippen LogP contribution is 2.48. The van der Waals surface area contributed by atoms with Crippen LogP contribution >= 0.6 is 11.3 Å². The summed E-state index contributed by atoms with van der Waals surface area (Å²) in [4.78, 5) is 15.5. The monoisotopic (exact) mass is 743 g/mol. The number of para-hydroxylation sites is 2. The molecule has 0 aliphatic rings. The molecule has 5 heterocycles. The number of hydrogen-bond acceptors (Lipinski definition) is 4. The second kappa shape index (κ2) is 11.6. The zero-order valence-electron chi connectivity index (χ0n) is 30.4. The Kier molecular flexibility index (Phi) is 6.26. The summed E-state index contributed by atoms with van der Waals surface area (Å²) < 4.78 is 7.37. The Morgan fingerprint density at radius 2 is 0.895 bits per heavy atom. The van der Waals surface area contributed by atoms with E-state index < -0.39 is 0 Å². The fourth-order valence-corrected chi connectivity index (χ4v) is 10.5. The minimum absolute atomic E-state index is 0.587. The van der Waals surface area contributed by atoms with E-state index in [1.54, 1.807) is 0 Å². The van der Waals surface area contributed by atoms with Crippen LogP contribution in [0.4, 0.5) is 0 Å². The fraction of sp³-hybridized carbons (Fsp3) is 0. The zero-order valence-corrected chi connectivity index (χ0v) is 31.2. The molecule has 0 saturated carbocycles. The summed E-state index contributed by atoms with van der Waals surface area (Å²) in [6.45, 7) is 0. The highest BCUT2D eigenvalue weighted by molar-refractivity contribution is 7.26. The van der Waals surface area contributed by atoms with E-state index in [9.17, 15) is 0 Å². The van der Waals surface area contributed by atoms with Gasteiger partial charge in [0.25, 0.3) is 0 Å². The van der Waals surface area contributed by atoms with Gasteiger partial charge in [0.05, 0.1) is 27.6 Å². The molecule has 0 bridgehead atoms. The van der Waals surface area contributed by atoms with E-state index in [1.807, 2.05) is 47.7 Å². The molecule has 6 heteroatoms. The molecule has 5 nitrogen and oxygen atoms in total. The first-order chi connectivity index (χ1) is 28.3. The van der Waals surface area contributed by atoms with E-state index in [0.29, 0.717) is 17.6 Å². The first-order valence-electron chi connectivity index (χ1n) is 19.2. The Labute approximate surface area is 329 Å². The standard InChI is InChI=1S/C51H29N5S/c1-3-14-30(15-4-1)49-52-50(31-16-5-2-6-17-31)54-51(53-49)56-39-24-12-10-21-36(39)44-41(56)28-27-40-45(44)37-26-29-43-47-46-35(22-13-25-42(46)57-43)33-19-8-7-18-32(33)34-20-9-11-23-38(34)55(40)48(37)47/h1-29H. The maximum atomic E-state index is 5.22. The van der Waals surface area contributed by atoms with Crippen LogP contribution in [0, 0.1) is 0 Å². The Morgan fingerprint density at radius 3 is 1.63 bits per heavy atom. The average Bonchev–Trinajstić information content (AvgIpc) is 3.95. The van der Waals surface area contributed by atoms with E-state index in [-0.39, 0.29) is 0 Å². The maximum Gasteiger partial charge on any atom is 0.238 e. The van der Waals surface area contributed by atoms with Gasteiger partial charge in [-0.2, -0.15) is 9.97 Å². The third-order valence-electron chi connectivity index (χ3n) is 11.7. The molecular formula is C51H29N5S. The predicted octanol–water partition coefficient (Wildman–Crippen LogP) is 13.5. The summed E-state index contributed by atoms with van der Waals surface area (Å²) in [7, 11) is 0. The molecule has 0 spiro atoms. The Morgan fingerprint density at radius 1 is 0.333 bits per heavy atom. The van der Waals surface area contributed by atoms with Gasteiger partial charge in [-0.05, 0) is 52.6 Å². The van der Waals surface area contributed by atoms with Crippen molar-refractivity contribution in [2.75, 3.05) is 0 Å². The van der Waals surface area contributed by atoms with Gasteiger partial charge in [-0.1, -0.05) is 140 Å². The lowest BCUT2D eigenvalue weighted by atomic mass is 10.00. The second-order valence-electron chi connectivity index (χ2n) is 14.7. The van der Waals surface area contributed by atoms with Crippen LogP contribution in [0.15, 0.2) is 176 Å². The van der Waals surface area contributed by atoms with Crippen molar-refractivity contribution in [3.63, 3.8) is 0 Å². The average molecular weight is 744 g/mol. The van der Waals surface area contributed by atoms with Gasteiger partial charge in [-0.3, -0.25) is 4.57 Å². The topological polar surface area (TPSA) is 48.0 Å². The van der Waals surface area contributed by atoms with Gasteiger partial charge in [0.15, 0.2) is 11.6 Å². The first kappa shape index (κ1) is 30.9. The van der Waals surface area contributed by atoms with Crippen molar-refractivity contribution < 1.29 is 0 Å². The summed E-state index contributed by atoms with van der Waals surface area (Å²) in [5.41, 5.74) is 7.56. The predicted molar refractivity (Wildman–Crippen MR) is 239 cm³/mol. The molecule has 0 aliphatic heterocycles. The Hall–Kier alpha value is -7.41. The number of fused-ring (bicyclic) bond motifs is 12. The number of thiophene rings is 1. The molecule has 0 aliphatic carbocycles. The van der Waals surface area contributed by atoms with Crippen LogP contribution in [0.25, 0.3) is 120 Å². The van der Waals surface area contributed by atoms with Crippen LogP contribution in [0.2, 0.25) is 0 Å². The molecule has 0 atom stereocenters. The van der Waals surface area contributed by atoms with E-state index >= 15 is 0 Å². The SMILES string of the molecule is c1ccc(-c2nc(-c3ccccc3)nc(-n3c4ccccc4c4c5c6ccc7sc8cccc9c%10ccccc%10c%10ccccc%10n(c5ccc43)c6c7c89)n2)cc1. The van der Waals surface area contributed by atoms with E-state index in [0.717, 1.165) is 27.5 Å². The van der Waals surface area contributed by atoms with Crippen LogP contribution in [-0.2, 0) is 0 Å². The lowest BCUT2D eigenvalue weighted by molar-refractivity contribution is 0.953. The summed E-state index contributed by atoms with van der Waals surface area (Å²) in [5.74, 6) is 1.86. The molecule has 264 valence electrons. The van der Waals surface area contributed by atoms with E-state index in [2.05, 4.69) is 148 Å². The van der Waals surface area contributed by atoms with Gasteiger partial charge in [0.1, 0.15) is 0 Å². The van der Waals surface area contributed by atoms with E-state index in [4.69, 9.17) is 15.0 Å². The number of rotatable bonds is 3. The lowest BCUT2D eigenvalue weighted by Crippen LogP contribution is -2.06. The maximum absolute atomic E-state index is 5.22. The Balaban J connectivity index is 1.25. The molecule has 0 N–H and O–H groups in total. The van der Waals surface area contributed by atoms with Crippen molar-refractivity contribution >= 4 is 102 Å². The molecule has 0 radical (unpaired) electrons. The van der Waals surface area contributed by atoms with Crippen molar-refractivity contribution in [1.29, 1.82) is 0 Å². The molecule has 0 fully saturated rings. The molecule has 0 amide bonds. The lowest BCUT2D eigenvalue weighted by Gasteiger charge is -2.11. The smallest absolute Gasteiger partial charge is 0.238 e. The zero-order chi connectivity index (χ0) is 37.2. The van der Waals surface area contributed by atoms with Gasteiger partial charge in [0.2, 0.25) is 5.95 Å². The van der Waals surface area contributed by atoms with E-state index in [1.165, 1.54) is 74.4 Å². The minimum Gasteiger partial charge on any atom is -0.308 e. The molecule has 57 heavy (non-hydrogen) atoms. The van der Waals surface area contributed by atoms with Crippen molar-refractivity contribution in [3.05, 3.63) is 176 Å². The summed E-state index contributed by atoms with van der Waals surface area (Å²) in [6.07, 6.45) is 0. The molecule has 0 unspecified atom stereocenters. The van der Waals surface area contributed by atoms with Crippen molar-refractivity contribution in [3.8, 4) is 28.7 Å². The van der Waals surface area contributed by atoms with Crippen LogP contribution < -0.4 is 0 Å². The molecular weight excluding hydrogens is 715 g/mol. The number of nitrogens with zero attached hydrogens (tertiary/aromatic N) is 5. The third-order valence-corrected chi connectivity index (χ3v) is 12.8. The first-order valence-corrected chi connectivity index (χ1v) is 20.0. The van der Waals surface area contributed by atoms with Crippen LogP contribution in [0.5, 0.6) is 0 Å². The fourth-order valence-electron chi connectivity index (χ4n) is 9.39. The summed E-state index contributed by atoms with van der Waals surface area (Å²) in [6, 6.07) is 63.0. The number of aromatic nitrogens is 5. The summed E-state index contributed by atoms with van der Waals surface area (Å²) >= 11 is 1.88. The van der Waals surface area contributed by atoms with Crippen molar-refractivity contribution in [1.82, 2.24) is 23.9 Å². The molecule has 8 aromatic carbocycles. The summed E-state index contributed by atoms with van der Waals surface area (Å²) in [5, 5.41) is 12.4. The van der Waals surface area contributed by atoms with Crippen LogP contribution in [0.1, 0.15) is 0 Å².